The monoisotopic (exact) mass is 324 g/mol. The van der Waals surface area contributed by atoms with Crippen molar-refractivity contribution in [2.75, 3.05) is 6.61 Å². The molecule has 0 aliphatic heterocycles. The van der Waals surface area contributed by atoms with Crippen LogP contribution in [0.3, 0.4) is 0 Å². The third-order valence-electron chi connectivity index (χ3n) is 3.95. The quantitative estimate of drug-likeness (QED) is 0.873. The van der Waals surface area contributed by atoms with Gasteiger partial charge in [0, 0.05) is 11.1 Å². The van der Waals surface area contributed by atoms with E-state index in [-0.39, 0.29) is 29.9 Å². The first-order chi connectivity index (χ1) is 10.5. The third-order valence-corrected chi connectivity index (χ3v) is 4.18. The first-order valence-electron chi connectivity index (χ1n) is 7.47. The highest BCUT2D eigenvalue weighted by molar-refractivity contribution is 6.31. The SMILES string of the molecule is CC1CCC(NC(=O)COc2ccc(Cl)cc2C(N)=O)CC1. The van der Waals surface area contributed by atoms with E-state index in [1.807, 2.05) is 0 Å². The van der Waals surface area contributed by atoms with Gasteiger partial charge in [-0.25, -0.2) is 0 Å². The molecule has 1 aliphatic carbocycles. The smallest absolute Gasteiger partial charge is 0.258 e. The normalized spacial score (nSPS) is 21.2. The van der Waals surface area contributed by atoms with Gasteiger partial charge < -0.3 is 15.8 Å². The molecule has 1 aromatic rings. The van der Waals surface area contributed by atoms with Crippen LogP contribution in [-0.4, -0.2) is 24.5 Å². The van der Waals surface area contributed by atoms with Crippen molar-refractivity contribution < 1.29 is 14.3 Å². The van der Waals surface area contributed by atoms with Crippen LogP contribution < -0.4 is 15.8 Å². The Bertz CT molecular complexity index is 554. The Morgan fingerprint density at radius 3 is 2.64 bits per heavy atom. The standard InChI is InChI=1S/C16H21ClN2O3/c1-10-2-5-12(6-3-10)19-15(20)9-22-14-7-4-11(17)8-13(14)16(18)21/h4,7-8,10,12H,2-3,5-6,9H2,1H3,(H2,18,21)(H,19,20). The van der Waals surface area contributed by atoms with Crippen LogP contribution in [0, 0.1) is 5.92 Å². The maximum atomic E-state index is 11.9. The average Bonchev–Trinajstić information content (AvgIpc) is 2.48. The van der Waals surface area contributed by atoms with Crippen molar-refractivity contribution >= 4 is 23.4 Å². The minimum atomic E-state index is -0.640. The lowest BCUT2D eigenvalue weighted by atomic mass is 9.87. The molecule has 0 aromatic heterocycles. The fraction of sp³-hybridized carbons (Fsp3) is 0.500. The van der Waals surface area contributed by atoms with E-state index in [1.54, 1.807) is 6.07 Å². The molecule has 0 unspecified atom stereocenters. The van der Waals surface area contributed by atoms with Crippen LogP contribution in [0.15, 0.2) is 18.2 Å². The molecule has 0 spiro atoms. The number of rotatable bonds is 5. The van der Waals surface area contributed by atoms with Crippen LogP contribution in [0.2, 0.25) is 5.02 Å². The number of ether oxygens (including phenoxy) is 1. The lowest BCUT2D eigenvalue weighted by Crippen LogP contribution is -2.40. The van der Waals surface area contributed by atoms with E-state index in [0.717, 1.165) is 31.6 Å². The van der Waals surface area contributed by atoms with E-state index in [4.69, 9.17) is 22.1 Å². The largest absolute Gasteiger partial charge is 0.483 e. The van der Waals surface area contributed by atoms with Crippen LogP contribution in [0.1, 0.15) is 43.0 Å². The number of carbonyl (C=O) groups excluding carboxylic acids is 2. The number of hydrogen-bond donors (Lipinski definition) is 2. The first-order valence-corrected chi connectivity index (χ1v) is 7.85. The molecule has 3 N–H and O–H groups in total. The van der Waals surface area contributed by atoms with Gasteiger partial charge in [0.2, 0.25) is 0 Å². The number of primary amides is 1. The van der Waals surface area contributed by atoms with Crippen LogP contribution in [0.5, 0.6) is 5.75 Å². The van der Waals surface area contributed by atoms with Gasteiger partial charge in [0.05, 0.1) is 5.56 Å². The van der Waals surface area contributed by atoms with Crippen molar-refractivity contribution in [1.29, 1.82) is 0 Å². The van der Waals surface area contributed by atoms with Gasteiger partial charge >= 0.3 is 0 Å². The topological polar surface area (TPSA) is 81.4 Å². The van der Waals surface area contributed by atoms with Gasteiger partial charge in [0.25, 0.3) is 11.8 Å². The fourth-order valence-electron chi connectivity index (χ4n) is 2.64. The number of nitrogens with one attached hydrogen (secondary N) is 1. The van der Waals surface area contributed by atoms with E-state index < -0.39 is 5.91 Å². The Labute approximate surface area is 135 Å². The van der Waals surface area contributed by atoms with Crippen molar-refractivity contribution in [3.63, 3.8) is 0 Å². The highest BCUT2D eigenvalue weighted by Gasteiger charge is 2.20. The number of nitrogens with two attached hydrogens (primary N) is 1. The molecule has 1 fully saturated rings. The van der Waals surface area contributed by atoms with E-state index in [1.165, 1.54) is 12.1 Å². The van der Waals surface area contributed by atoms with Gasteiger partial charge in [0.1, 0.15) is 5.75 Å². The summed E-state index contributed by atoms with van der Waals surface area (Å²) < 4.78 is 5.41. The van der Waals surface area contributed by atoms with Crippen molar-refractivity contribution in [3.05, 3.63) is 28.8 Å². The second-order valence-electron chi connectivity index (χ2n) is 5.82. The molecule has 0 heterocycles. The molecule has 5 nitrogen and oxygen atoms in total. The Morgan fingerprint density at radius 1 is 1.32 bits per heavy atom. The van der Waals surface area contributed by atoms with Crippen LogP contribution in [-0.2, 0) is 4.79 Å². The van der Waals surface area contributed by atoms with E-state index in [9.17, 15) is 9.59 Å². The van der Waals surface area contributed by atoms with Crippen LogP contribution in [0.25, 0.3) is 0 Å². The zero-order valence-corrected chi connectivity index (χ0v) is 13.4. The number of carbonyl (C=O) groups is 2. The molecule has 1 aromatic carbocycles. The van der Waals surface area contributed by atoms with Gasteiger partial charge in [-0.05, 0) is 49.8 Å². The van der Waals surface area contributed by atoms with Crippen molar-refractivity contribution in [1.82, 2.24) is 5.32 Å². The van der Waals surface area contributed by atoms with E-state index >= 15 is 0 Å². The molecule has 6 heteroatoms. The lowest BCUT2D eigenvalue weighted by Gasteiger charge is -2.26. The van der Waals surface area contributed by atoms with Crippen molar-refractivity contribution in [2.24, 2.45) is 11.7 Å². The Morgan fingerprint density at radius 2 is 2.00 bits per heavy atom. The molecule has 1 aliphatic rings. The lowest BCUT2D eigenvalue weighted by molar-refractivity contribution is -0.124. The number of amides is 2. The van der Waals surface area contributed by atoms with E-state index in [0.29, 0.717) is 5.02 Å². The number of halogens is 1. The van der Waals surface area contributed by atoms with Crippen LogP contribution in [0.4, 0.5) is 0 Å². The highest BCUT2D eigenvalue weighted by Crippen LogP contribution is 2.24. The molecule has 0 bridgehead atoms. The minimum absolute atomic E-state index is 0.145. The zero-order chi connectivity index (χ0) is 16.1. The van der Waals surface area contributed by atoms with Crippen molar-refractivity contribution in [3.8, 4) is 5.75 Å². The Kier molecular flexibility index (Phi) is 5.66. The molecule has 0 radical (unpaired) electrons. The summed E-state index contributed by atoms with van der Waals surface area (Å²) in [4.78, 5) is 23.3. The molecule has 2 amide bonds. The summed E-state index contributed by atoms with van der Waals surface area (Å²) in [6, 6.07) is 4.77. The van der Waals surface area contributed by atoms with Crippen LogP contribution >= 0.6 is 11.6 Å². The summed E-state index contributed by atoms with van der Waals surface area (Å²) in [6.07, 6.45) is 4.27. The zero-order valence-electron chi connectivity index (χ0n) is 12.6. The maximum Gasteiger partial charge on any atom is 0.258 e. The van der Waals surface area contributed by atoms with Gasteiger partial charge in [0.15, 0.2) is 6.61 Å². The summed E-state index contributed by atoms with van der Waals surface area (Å²) in [6.45, 7) is 2.08. The summed E-state index contributed by atoms with van der Waals surface area (Å²) >= 11 is 5.82. The molecule has 22 heavy (non-hydrogen) atoms. The molecule has 0 saturated heterocycles. The summed E-state index contributed by atoms with van der Waals surface area (Å²) in [7, 11) is 0. The average molecular weight is 325 g/mol. The highest BCUT2D eigenvalue weighted by atomic mass is 35.5. The third kappa shape index (κ3) is 4.63. The van der Waals surface area contributed by atoms with Gasteiger partial charge in [-0.15, -0.1) is 0 Å². The number of hydrogen-bond acceptors (Lipinski definition) is 3. The first kappa shape index (κ1) is 16.6. The molecular formula is C16H21ClN2O3. The second kappa shape index (κ2) is 7.49. The summed E-state index contributed by atoms with van der Waals surface area (Å²) in [5.41, 5.74) is 5.45. The predicted octanol–water partition coefficient (Wildman–Crippen LogP) is 2.51. The van der Waals surface area contributed by atoms with E-state index in [2.05, 4.69) is 12.2 Å². The van der Waals surface area contributed by atoms with Crippen molar-refractivity contribution in [2.45, 2.75) is 38.6 Å². The molecular weight excluding hydrogens is 304 g/mol. The molecule has 0 atom stereocenters. The second-order valence-corrected chi connectivity index (χ2v) is 6.25. The molecule has 1 saturated carbocycles. The number of benzene rings is 1. The fourth-order valence-corrected chi connectivity index (χ4v) is 2.81. The molecule has 2 rings (SSSR count). The maximum absolute atomic E-state index is 11.9. The predicted molar refractivity (Wildman–Crippen MR) is 85.0 cm³/mol. The molecule has 120 valence electrons. The van der Waals surface area contributed by atoms with Gasteiger partial charge in [-0.2, -0.15) is 0 Å². The summed E-state index contributed by atoms with van der Waals surface area (Å²) in [5, 5.41) is 3.35. The summed E-state index contributed by atoms with van der Waals surface area (Å²) in [5.74, 6) is 0.171. The Balaban J connectivity index is 1.87. The minimum Gasteiger partial charge on any atom is -0.483 e. The van der Waals surface area contributed by atoms with Gasteiger partial charge in [-0.1, -0.05) is 18.5 Å². The Hall–Kier alpha value is -1.75. The van der Waals surface area contributed by atoms with Gasteiger partial charge in [-0.3, -0.25) is 9.59 Å².